The number of rotatable bonds is 3. The largest absolute Gasteiger partial charge is 0.298 e. The number of alkyl halides is 1. The summed E-state index contributed by atoms with van der Waals surface area (Å²) < 4.78 is 0. The number of carbonyl (C=O) groups excluding carboxylic acids is 1. The monoisotopic (exact) mass is 282 g/mol. The van der Waals surface area contributed by atoms with Crippen molar-refractivity contribution in [3.05, 3.63) is 35.9 Å². The highest BCUT2D eigenvalue weighted by atomic mass is 79.9. The van der Waals surface area contributed by atoms with E-state index < -0.39 is 0 Å². The van der Waals surface area contributed by atoms with Gasteiger partial charge in [-0.2, -0.15) is 0 Å². The van der Waals surface area contributed by atoms with Gasteiger partial charge < -0.3 is 0 Å². The van der Waals surface area contributed by atoms with Crippen molar-refractivity contribution in [1.29, 1.82) is 0 Å². The smallest absolute Gasteiger partial charge is 0.152 e. The molecule has 0 fully saturated rings. The predicted molar refractivity (Wildman–Crippen MR) is 72.0 cm³/mol. The van der Waals surface area contributed by atoms with E-state index in [0.29, 0.717) is 0 Å². The first-order chi connectivity index (χ1) is 7.34. The number of halogens is 1. The van der Waals surface area contributed by atoms with Crippen LogP contribution in [0.5, 0.6) is 0 Å². The molecule has 0 aliphatic heterocycles. The normalized spacial score (nSPS) is 15.6. The molecule has 1 nitrogen and oxygen atoms in total. The fourth-order valence-corrected chi connectivity index (χ4v) is 2.56. The third-order valence-corrected chi connectivity index (χ3v) is 3.96. The van der Waals surface area contributed by atoms with Crippen LogP contribution in [0.2, 0.25) is 0 Å². The van der Waals surface area contributed by atoms with E-state index in [-0.39, 0.29) is 21.9 Å². The first kappa shape index (κ1) is 13.4. The molecule has 1 aromatic rings. The van der Waals surface area contributed by atoms with Gasteiger partial charge in [0.15, 0.2) is 5.78 Å². The zero-order valence-corrected chi connectivity index (χ0v) is 11.9. The Morgan fingerprint density at radius 1 is 1.19 bits per heavy atom. The van der Waals surface area contributed by atoms with Crippen LogP contribution in [0.4, 0.5) is 0 Å². The minimum Gasteiger partial charge on any atom is -0.298 e. The number of hydrogen-bond acceptors (Lipinski definition) is 1. The lowest BCUT2D eigenvalue weighted by Gasteiger charge is -2.25. The fourth-order valence-electron chi connectivity index (χ4n) is 1.57. The number of ketones is 1. The topological polar surface area (TPSA) is 17.1 Å². The molecule has 1 rings (SSSR count). The third-order valence-electron chi connectivity index (χ3n) is 2.75. The maximum Gasteiger partial charge on any atom is 0.152 e. The molecule has 0 heterocycles. The molecule has 0 saturated carbocycles. The molecule has 0 aliphatic rings. The van der Waals surface area contributed by atoms with Crippen LogP contribution < -0.4 is 0 Å². The van der Waals surface area contributed by atoms with Crippen LogP contribution >= 0.6 is 15.9 Å². The summed E-state index contributed by atoms with van der Waals surface area (Å²) in [7, 11) is 0. The first-order valence-electron chi connectivity index (χ1n) is 5.57. The summed E-state index contributed by atoms with van der Waals surface area (Å²) in [5, 5.41) is 0. The van der Waals surface area contributed by atoms with Crippen molar-refractivity contribution < 1.29 is 4.79 Å². The van der Waals surface area contributed by atoms with E-state index in [1.807, 2.05) is 39.0 Å². The van der Waals surface area contributed by atoms with E-state index in [0.717, 1.165) is 0 Å². The van der Waals surface area contributed by atoms with Crippen molar-refractivity contribution in [1.82, 2.24) is 0 Å². The summed E-state index contributed by atoms with van der Waals surface area (Å²) in [5.41, 5.74) is 0.902. The van der Waals surface area contributed by atoms with Gasteiger partial charge in [-0.25, -0.2) is 0 Å². The molecule has 16 heavy (non-hydrogen) atoms. The number of Topliss-reactive ketones (excluding diaryl/α,β-unsaturated/α-hetero) is 1. The average Bonchev–Trinajstić information content (AvgIpc) is 2.26. The van der Waals surface area contributed by atoms with E-state index >= 15 is 0 Å². The molecule has 1 aromatic carbocycles. The van der Waals surface area contributed by atoms with E-state index in [4.69, 9.17) is 0 Å². The third kappa shape index (κ3) is 3.18. The summed E-state index contributed by atoms with van der Waals surface area (Å²) in [6, 6.07) is 10.1. The van der Waals surface area contributed by atoms with E-state index in [2.05, 4.69) is 35.0 Å². The Morgan fingerprint density at radius 3 is 2.12 bits per heavy atom. The summed E-state index contributed by atoms with van der Waals surface area (Å²) in [5.74, 6) is 0.455. The molecular weight excluding hydrogens is 264 g/mol. The molecule has 0 N–H and O–H groups in total. The van der Waals surface area contributed by atoms with Gasteiger partial charge in [0.25, 0.3) is 0 Å². The molecule has 0 saturated heterocycles. The second-order valence-electron chi connectivity index (χ2n) is 5.22. The lowest BCUT2D eigenvalue weighted by atomic mass is 9.83. The molecule has 0 radical (unpaired) electrons. The van der Waals surface area contributed by atoms with Crippen molar-refractivity contribution in [2.75, 3.05) is 0 Å². The molecule has 88 valence electrons. The highest BCUT2D eigenvalue weighted by Gasteiger charge is 2.31. The fraction of sp³-hybridized carbons (Fsp3) is 0.500. The number of carbonyl (C=O) groups is 1. The predicted octanol–water partition coefficient (Wildman–Crippen LogP) is 4.17. The quantitative estimate of drug-likeness (QED) is 0.761. The van der Waals surface area contributed by atoms with Crippen LogP contribution in [0.15, 0.2) is 30.3 Å². The van der Waals surface area contributed by atoms with E-state index in [1.165, 1.54) is 5.56 Å². The first-order valence-corrected chi connectivity index (χ1v) is 6.49. The maximum atomic E-state index is 12.1. The van der Waals surface area contributed by atoms with Crippen molar-refractivity contribution in [3.8, 4) is 0 Å². The van der Waals surface area contributed by atoms with Crippen molar-refractivity contribution >= 4 is 21.7 Å². The summed E-state index contributed by atoms with van der Waals surface area (Å²) >= 11 is 3.53. The maximum absolute atomic E-state index is 12.1. The van der Waals surface area contributed by atoms with Crippen molar-refractivity contribution in [3.63, 3.8) is 0 Å². The van der Waals surface area contributed by atoms with Crippen LogP contribution in [0, 0.1) is 5.41 Å². The summed E-state index contributed by atoms with van der Waals surface area (Å²) in [6.45, 7) is 7.96. The van der Waals surface area contributed by atoms with Gasteiger partial charge in [0.1, 0.15) is 0 Å². The molecule has 0 spiro atoms. The number of benzene rings is 1. The molecule has 2 atom stereocenters. The Morgan fingerprint density at radius 2 is 1.69 bits per heavy atom. The Kier molecular flexibility index (Phi) is 4.31. The molecule has 2 heteroatoms. The Bertz CT molecular complexity index is 351. The zero-order chi connectivity index (χ0) is 12.3. The van der Waals surface area contributed by atoms with Gasteiger partial charge in [0.2, 0.25) is 0 Å². The zero-order valence-electron chi connectivity index (χ0n) is 10.3. The molecule has 0 aliphatic carbocycles. The van der Waals surface area contributed by atoms with Crippen LogP contribution in [0.1, 0.15) is 39.2 Å². The highest BCUT2D eigenvalue weighted by molar-refractivity contribution is 9.10. The highest BCUT2D eigenvalue weighted by Crippen LogP contribution is 2.30. The second-order valence-corrected chi connectivity index (χ2v) is 6.20. The van der Waals surface area contributed by atoms with Gasteiger partial charge in [-0.15, -0.1) is 0 Å². The van der Waals surface area contributed by atoms with E-state index in [9.17, 15) is 4.79 Å². The minimum atomic E-state index is -0.294. The van der Waals surface area contributed by atoms with Crippen molar-refractivity contribution in [2.45, 2.75) is 38.4 Å². The SMILES string of the molecule is CC(c1ccccc1)C(Br)C(=O)C(C)(C)C. The van der Waals surface area contributed by atoms with Gasteiger partial charge in [0, 0.05) is 11.3 Å². The minimum absolute atomic E-state index is 0.116. The van der Waals surface area contributed by atoms with Crippen LogP contribution in [-0.2, 0) is 4.79 Å². The lowest BCUT2D eigenvalue weighted by molar-refractivity contribution is -0.125. The van der Waals surface area contributed by atoms with E-state index in [1.54, 1.807) is 0 Å². The van der Waals surface area contributed by atoms with Gasteiger partial charge in [-0.3, -0.25) is 4.79 Å². The second kappa shape index (κ2) is 5.13. The van der Waals surface area contributed by atoms with Gasteiger partial charge in [0.05, 0.1) is 4.83 Å². The van der Waals surface area contributed by atoms with Crippen LogP contribution in [0.25, 0.3) is 0 Å². The van der Waals surface area contributed by atoms with Gasteiger partial charge in [-0.05, 0) is 5.56 Å². The average molecular weight is 283 g/mol. The van der Waals surface area contributed by atoms with Gasteiger partial charge in [-0.1, -0.05) is 74.0 Å². The Balaban J connectivity index is 2.83. The molecule has 0 bridgehead atoms. The van der Waals surface area contributed by atoms with Crippen LogP contribution in [0.3, 0.4) is 0 Å². The standard InChI is InChI=1S/C14H19BrO/c1-10(11-8-6-5-7-9-11)12(15)13(16)14(2,3)4/h5-10,12H,1-4H3. The Labute approximate surface area is 106 Å². The summed E-state index contributed by atoms with van der Waals surface area (Å²) in [4.78, 5) is 12.0. The Hall–Kier alpha value is -0.630. The molecular formula is C14H19BrO. The van der Waals surface area contributed by atoms with Crippen molar-refractivity contribution in [2.24, 2.45) is 5.41 Å². The molecule has 2 unspecified atom stereocenters. The lowest BCUT2D eigenvalue weighted by Crippen LogP contribution is -2.31. The molecule has 0 amide bonds. The number of hydrogen-bond donors (Lipinski definition) is 0. The molecule has 0 aromatic heterocycles. The summed E-state index contributed by atoms with van der Waals surface area (Å²) in [6.07, 6.45) is 0. The van der Waals surface area contributed by atoms with Gasteiger partial charge >= 0.3 is 0 Å². The van der Waals surface area contributed by atoms with Crippen LogP contribution in [-0.4, -0.2) is 10.6 Å².